The maximum atomic E-state index is 6.37. The Morgan fingerprint density at radius 1 is 1.05 bits per heavy atom. The van der Waals surface area contributed by atoms with Crippen molar-refractivity contribution in [1.29, 1.82) is 0 Å². The molecule has 1 aromatic carbocycles. The number of nitrogens with two attached hydrogens (primary N) is 1. The second-order valence-corrected chi connectivity index (χ2v) is 7.86. The zero-order chi connectivity index (χ0) is 14.2. The fourth-order valence-electron chi connectivity index (χ4n) is 3.76. The molecule has 2 atom stereocenters. The van der Waals surface area contributed by atoms with Gasteiger partial charge in [0.1, 0.15) is 11.9 Å². The van der Waals surface area contributed by atoms with Gasteiger partial charge in [0, 0.05) is 17.9 Å². The quantitative estimate of drug-likeness (QED) is 0.752. The Balaban J connectivity index is 1.80. The highest BCUT2D eigenvalue weighted by atomic mass is 79.9. The van der Waals surface area contributed by atoms with Crippen LogP contribution in [0.15, 0.2) is 27.1 Å². The molecule has 0 saturated heterocycles. The molecule has 0 aromatic heterocycles. The lowest BCUT2D eigenvalue weighted by Crippen LogP contribution is -2.63. The monoisotopic (exact) mass is 401 g/mol. The van der Waals surface area contributed by atoms with E-state index < -0.39 is 0 Å². The molecule has 1 aromatic rings. The van der Waals surface area contributed by atoms with Gasteiger partial charge in [-0.15, -0.1) is 0 Å². The van der Waals surface area contributed by atoms with Gasteiger partial charge in [0.15, 0.2) is 0 Å². The van der Waals surface area contributed by atoms with E-state index in [0.29, 0.717) is 6.04 Å². The molecule has 3 rings (SSSR count). The zero-order valence-corrected chi connectivity index (χ0v) is 14.8. The molecule has 110 valence electrons. The Morgan fingerprint density at radius 2 is 1.65 bits per heavy atom. The molecule has 2 unspecified atom stereocenters. The minimum Gasteiger partial charge on any atom is -0.487 e. The molecule has 2 nitrogen and oxygen atoms in total. The van der Waals surface area contributed by atoms with Crippen molar-refractivity contribution >= 4 is 31.9 Å². The second kappa shape index (κ2) is 5.98. The van der Waals surface area contributed by atoms with Gasteiger partial charge in [0.2, 0.25) is 0 Å². The minimum atomic E-state index is 0.214. The number of hydrogen-bond donors (Lipinski definition) is 1. The summed E-state index contributed by atoms with van der Waals surface area (Å²) in [6.07, 6.45) is 8.98. The standard InChI is InChI=1S/C16H21Br2NO/c17-11-6-5-7-12(18)15(11)20-14-10-13(19)16(14)8-3-1-2-4-9-16/h5-7,13-14H,1-4,8-10,19H2. The SMILES string of the molecule is NC1CC(Oc2c(Br)cccc2Br)C12CCCCCC2. The van der Waals surface area contributed by atoms with E-state index in [1.165, 1.54) is 38.5 Å². The first-order valence-electron chi connectivity index (χ1n) is 7.50. The smallest absolute Gasteiger partial charge is 0.148 e. The molecule has 0 bridgehead atoms. The number of benzene rings is 1. The van der Waals surface area contributed by atoms with Crippen LogP contribution in [0.5, 0.6) is 5.75 Å². The molecule has 2 aliphatic rings. The molecular weight excluding hydrogens is 382 g/mol. The number of rotatable bonds is 2. The molecule has 0 heterocycles. The van der Waals surface area contributed by atoms with Gasteiger partial charge in [-0.1, -0.05) is 31.7 Å². The van der Waals surface area contributed by atoms with Crippen LogP contribution in [0.25, 0.3) is 0 Å². The van der Waals surface area contributed by atoms with Crippen LogP contribution in [0.3, 0.4) is 0 Å². The second-order valence-electron chi connectivity index (χ2n) is 6.15. The Labute approximate surface area is 137 Å². The lowest BCUT2D eigenvalue weighted by Gasteiger charge is -2.54. The Kier molecular flexibility index (Phi) is 4.44. The predicted octanol–water partition coefficient (Wildman–Crippen LogP) is 5.03. The number of ether oxygens (including phenoxy) is 1. The van der Waals surface area contributed by atoms with Crippen LogP contribution in [-0.4, -0.2) is 12.1 Å². The lowest BCUT2D eigenvalue weighted by molar-refractivity contribution is -0.0776. The molecule has 2 saturated carbocycles. The van der Waals surface area contributed by atoms with Gasteiger partial charge >= 0.3 is 0 Å². The van der Waals surface area contributed by atoms with E-state index in [4.69, 9.17) is 10.5 Å². The summed E-state index contributed by atoms with van der Waals surface area (Å²) in [5.74, 6) is 0.924. The fraction of sp³-hybridized carbons (Fsp3) is 0.625. The van der Waals surface area contributed by atoms with Crippen molar-refractivity contribution in [2.24, 2.45) is 11.1 Å². The van der Waals surface area contributed by atoms with Crippen LogP contribution < -0.4 is 10.5 Å². The summed E-state index contributed by atoms with van der Waals surface area (Å²) in [5.41, 5.74) is 6.59. The van der Waals surface area contributed by atoms with Crippen molar-refractivity contribution in [2.75, 3.05) is 0 Å². The molecule has 20 heavy (non-hydrogen) atoms. The summed E-state index contributed by atoms with van der Waals surface area (Å²) in [6, 6.07) is 6.37. The average molecular weight is 403 g/mol. The van der Waals surface area contributed by atoms with E-state index in [1.54, 1.807) is 0 Å². The topological polar surface area (TPSA) is 35.2 Å². The summed E-state index contributed by atoms with van der Waals surface area (Å²) >= 11 is 7.17. The van der Waals surface area contributed by atoms with Gasteiger partial charge < -0.3 is 10.5 Å². The third-order valence-electron chi connectivity index (χ3n) is 5.06. The van der Waals surface area contributed by atoms with Gasteiger partial charge in [-0.25, -0.2) is 0 Å². The minimum absolute atomic E-state index is 0.214. The fourth-order valence-corrected chi connectivity index (χ4v) is 4.95. The van der Waals surface area contributed by atoms with Gasteiger partial charge in [-0.05, 0) is 56.8 Å². The van der Waals surface area contributed by atoms with Crippen molar-refractivity contribution in [2.45, 2.75) is 57.1 Å². The maximum Gasteiger partial charge on any atom is 0.148 e. The van der Waals surface area contributed by atoms with Crippen LogP contribution in [-0.2, 0) is 0 Å². The largest absolute Gasteiger partial charge is 0.487 e. The highest BCUT2D eigenvalue weighted by molar-refractivity contribution is 9.11. The molecule has 4 heteroatoms. The molecule has 2 fully saturated rings. The Hall–Kier alpha value is -0.0600. The van der Waals surface area contributed by atoms with Crippen LogP contribution >= 0.6 is 31.9 Å². The third kappa shape index (κ3) is 2.55. The molecule has 0 amide bonds. The predicted molar refractivity (Wildman–Crippen MR) is 89.0 cm³/mol. The van der Waals surface area contributed by atoms with Gasteiger partial charge in [0.25, 0.3) is 0 Å². The molecular formula is C16H21Br2NO. The first kappa shape index (κ1) is 14.9. The maximum absolute atomic E-state index is 6.37. The number of para-hydroxylation sites is 1. The molecule has 2 N–H and O–H groups in total. The number of halogens is 2. The van der Waals surface area contributed by atoms with Gasteiger partial charge in [0.05, 0.1) is 8.95 Å². The Morgan fingerprint density at radius 3 is 2.20 bits per heavy atom. The summed E-state index contributed by atoms with van der Waals surface area (Å²) in [6.45, 7) is 0. The van der Waals surface area contributed by atoms with E-state index in [-0.39, 0.29) is 11.5 Å². The van der Waals surface area contributed by atoms with Crippen LogP contribution in [0.4, 0.5) is 0 Å². The van der Waals surface area contributed by atoms with Crippen molar-refractivity contribution in [1.82, 2.24) is 0 Å². The normalized spacial score (nSPS) is 28.8. The number of hydrogen-bond acceptors (Lipinski definition) is 2. The van der Waals surface area contributed by atoms with Crippen molar-refractivity contribution in [3.63, 3.8) is 0 Å². The third-order valence-corrected chi connectivity index (χ3v) is 6.31. The summed E-state index contributed by atoms with van der Waals surface area (Å²) in [5, 5.41) is 0. The van der Waals surface area contributed by atoms with E-state index in [1.807, 2.05) is 18.2 Å². The van der Waals surface area contributed by atoms with Crippen molar-refractivity contribution in [3.8, 4) is 5.75 Å². The molecule has 0 radical (unpaired) electrons. The Bertz CT molecular complexity index is 463. The van der Waals surface area contributed by atoms with E-state index in [2.05, 4.69) is 31.9 Å². The molecule has 0 aliphatic heterocycles. The van der Waals surface area contributed by atoms with E-state index >= 15 is 0 Å². The average Bonchev–Trinajstić information content (AvgIpc) is 2.69. The van der Waals surface area contributed by atoms with Crippen LogP contribution in [0, 0.1) is 5.41 Å². The van der Waals surface area contributed by atoms with Crippen LogP contribution in [0.2, 0.25) is 0 Å². The van der Waals surface area contributed by atoms with Gasteiger partial charge in [-0.3, -0.25) is 0 Å². The zero-order valence-electron chi connectivity index (χ0n) is 11.6. The van der Waals surface area contributed by atoms with Crippen molar-refractivity contribution < 1.29 is 4.74 Å². The van der Waals surface area contributed by atoms with Crippen molar-refractivity contribution in [3.05, 3.63) is 27.1 Å². The summed E-state index contributed by atoms with van der Waals surface area (Å²) in [4.78, 5) is 0. The summed E-state index contributed by atoms with van der Waals surface area (Å²) in [7, 11) is 0. The molecule has 1 spiro atoms. The first-order valence-corrected chi connectivity index (χ1v) is 9.08. The highest BCUT2D eigenvalue weighted by Gasteiger charge is 2.54. The first-order chi connectivity index (χ1) is 9.63. The van der Waals surface area contributed by atoms with E-state index in [9.17, 15) is 0 Å². The molecule has 2 aliphatic carbocycles. The lowest BCUT2D eigenvalue weighted by atomic mass is 9.58. The van der Waals surface area contributed by atoms with E-state index in [0.717, 1.165) is 21.1 Å². The van der Waals surface area contributed by atoms with Crippen LogP contribution in [0.1, 0.15) is 44.9 Å². The highest BCUT2D eigenvalue weighted by Crippen LogP contribution is 2.52. The summed E-state index contributed by atoms with van der Waals surface area (Å²) < 4.78 is 8.38. The van der Waals surface area contributed by atoms with Gasteiger partial charge in [-0.2, -0.15) is 0 Å².